The molecule has 1 unspecified atom stereocenters. The van der Waals surface area contributed by atoms with Gasteiger partial charge in [-0.3, -0.25) is 0 Å². The summed E-state index contributed by atoms with van der Waals surface area (Å²) in [6, 6.07) is 3.61. The molecule has 1 aromatic rings. The Labute approximate surface area is 103 Å². The molecule has 0 radical (unpaired) electrons. The monoisotopic (exact) mass is 287 g/mol. The highest BCUT2D eigenvalue weighted by Gasteiger charge is 2.31. The third-order valence-electron chi connectivity index (χ3n) is 3.22. The number of rotatable bonds is 2. The minimum atomic E-state index is -0.340. The number of ether oxygens (including phenoxy) is 1. The zero-order chi connectivity index (χ0) is 11.8. The van der Waals surface area contributed by atoms with Crippen LogP contribution in [0.2, 0.25) is 0 Å². The van der Waals surface area contributed by atoms with Gasteiger partial charge in [0.25, 0.3) is 0 Å². The Kier molecular flexibility index (Phi) is 3.22. The van der Waals surface area contributed by atoms with Crippen molar-refractivity contribution in [2.24, 2.45) is 0 Å². The topological polar surface area (TPSA) is 21.3 Å². The zero-order valence-electron chi connectivity index (χ0n) is 9.44. The van der Waals surface area contributed by atoms with Gasteiger partial charge < -0.3 is 10.1 Å². The van der Waals surface area contributed by atoms with E-state index < -0.39 is 0 Å². The molecule has 2 nitrogen and oxygen atoms in total. The molecule has 88 valence electrons. The summed E-state index contributed by atoms with van der Waals surface area (Å²) in [6.07, 6.45) is 2.21. The number of hydrogen-bond acceptors (Lipinski definition) is 2. The van der Waals surface area contributed by atoms with Gasteiger partial charge >= 0.3 is 0 Å². The van der Waals surface area contributed by atoms with Gasteiger partial charge in [-0.1, -0.05) is 0 Å². The summed E-state index contributed by atoms with van der Waals surface area (Å²) in [5.41, 5.74) is 0.999. The van der Waals surface area contributed by atoms with Crippen LogP contribution in [0.25, 0.3) is 0 Å². The van der Waals surface area contributed by atoms with Crippen molar-refractivity contribution in [2.45, 2.75) is 25.3 Å². The smallest absolute Gasteiger partial charge is 0.179 e. The van der Waals surface area contributed by atoms with E-state index in [2.05, 4.69) is 28.2 Å². The highest BCUT2D eigenvalue weighted by molar-refractivity contribution is 9.10. The third kappa shape index (κ3) is 1.96. The fourth-order valence-corrected chi connectivity index (χ4v) is 2.61. The van der Waals surface area contributed by atoms with Crippen LogP contribution in [-0.2, 0) is 5.54 Å². The molecule has 16 heavy (non-hydrogen) atoms. The predicted molar refractivity (Wildman–Crippen MR) is 65.2 cm³/mol. The van der Waals surface area contributed by atoms with Crippen molar-refractivity contribution >= 4 is 15.9 Å². The first-order valence-corrected chi connectivity index (χ1v) is 6.15. The molecular weight excluding hydrogens is 273 g/mol. The minimum Gasteiger partial charge on any atom is -0.494 e. The predicted octanol–water partition coefficient (Wildman–Crippen LogP) is 3.20. The molecule has 1 atom stereocenters. The molecule has 0 spiro atoms. The lowest BCUT2D eigenvalue weighted by Gasteiger charge is -2.26. The fourth-order valence-electron chi connectivity index (χ4n) is 2.17. The van der Waals surface area contributed by atoms with Crippen molar-refractivity contribution in [3.63, 3.8) is 0 Å². The molecule has 1 heterocycles. The van der Waals surface area contributed by atoms with Crippen molar-refractivity contribution in [3.05, 3.63) is 28.0 Å². The lowest BCUT2D eigenvalue weighted by molar-refractivity contribution is 0.378. The van der Waals surface area contributed by atoms with Crippen molar-refractivity contribution in [1.29, 1.82) is 0 Å². The van der Waals surface area contributed by atoms with Gasteiger partial charge in [-0.05, 0) is 59.9 Å². The lowest BCUT2D eigenvalue weighted by Crippen LogP contribution is -2.33. The normalized spacial score (nSPS) is 24.8. The second kappa shape index (κ2) is 4.34. The Bertz CT molecular complexity index is 402. The number of hydrogen-bond donors (Lipinski definition) is 1. The van der Waals surface area contributed by atoms with Crippen LogP contribution < -0.4 is 10.1 Å². The molecule has 1 fully saturated rings. The fraction of sp³-hybridized carbons (Fsp3) is 0.500. The quantitative estimate of drug-likeness (QED) is 0.902. The first-order valence-electron chi connectivity index (χ1n) is 5.35. The van der Waals surface area contributed by atoms with E-state index >= 15 is 0 Å². The van der Waals surface area contributed by atoms with Gasteiger partial charge in [0.2, 0.25) is 0 Å². The van der Waals surface area contributed by atoms with Crippen molar-refractivity contribution < 1.29 is 9.13 Å². The number of benzene rings is 1. The molecule has 0 aromatic heterocycles. The molecule has 0 saturated carbocycles. The van der Waals surface area contributed by atoms with Crippen LogP contribution >= 0.6 is 15.9 Å². The Morgan fingerprint density at radius 3 is 2.81 bits per heavy atom. The first-order chi connectivity index (χ1) is 7.57. The highest BCUT2D eigenvalue weighted by atomic mass is 79.9. The second-order valence-corrected chi connectivity index (χ2v) is 5.19. The largest absolute Gasteiger partial charge is 0.494 e. The van der Waals surface area contributed by atoms with E-state index in [1.165, 1.54) is 7.11 Å². The van der Waals surface area contributed by atoms with E-state index in [9.17, 15) is 4.39 Å². The number of nitrogens with one attached hydrogen (secondary N) is 1. The van der Waals surface area contributed by atoms with Crippen molar-refractivity contribution in [2.75, 3.05) is 13.7 Å². The van der Waals surface area contributed by atoms with Crippen LogP contribution in [0.1, 0.15) is 25.3 Å². The third-order valence-corrected chi connectivity index (χ3v) is 3.80. The van der Waals surface area contributed by atoms with E-state index in [0.717, 1.165) is 24.9 Å². The van der Waals surface area contributed by atoms with Crippen molar-refractivity contribution in [3.8, 4) is 5.75 Å². The van der Waals surface area contributed by atoms with Gasteiger partial charge in [0.15, 0.2) is 11.6 Å². The Morgan fingerprint density at radius 1 is 1.50 bits per heavy atom. The standard InChI is InChI=1S/C12H15BrFNO/c1-12(4-3-5-15-12)8-6-9(13)11(14)10(7-8)16-2/h6-7,15H,3-5H2,1-2H3. The maximum atomic E-state index is 13.6. The second-order valence-electron chi connectivity index (χ2n) is 4.34. The molecule has 1 aromatic carbocycles. The van der Waals surface area contributed by atoms with Crippen LogP contribution in [0.15, 0.2) is 16.6 Å². The summed E-state index contributed by atoms with van der Waals surface area (Å²) >= 11 is 3.23. The molecule has 0 amide bonds. The van der Waals surface area contributed by atoms with Gasteiger partial charge in [-0.2, -0.15) is 0 Å². The maximum Gasteiger partial charge on any atom is 0.179 e. The highest BCUT2D eigenvalue weighted by Crippen LogP contribution is 2.36. The molecule has 2 rings (SSSR count). The summed E-state index contributed by atoms with van der Waals surface area (Å²) in [5, 5.41) is 3.45. The summed E-state index contributed by atoms with van der Waals surface area (Å²) in [5.74, 6) is -0.0489. The maximum absolute atomic E-state index is 13.6. The van der Waals surface area contributed by atoms with Crippen LogP contribution in [-0.4, -0.2) is 13.7 Å². The van der Waals surface area contributed by atoms with Gasteiger partial charge in [0.1, 0.15) is 0 Å². The van der Waals surface area contributed by atoms with E-state index in [1.807, 2.05) is 6.07 Å². The SMILES string of the molecule is COc1cc(C2(C)CCCN2)cc(Br)c1F. The summed E-state index contributed by atoms with van der Waals surface area (Å²) in [6.45, 7) is 3.15. The molecule has 0 bridgehead atoms. The van der Waals surface area contributed by atoms with E-state index in [0.29, 0.717) is 10.2 Å². The minimum absolute atomic E-state index is 0.0660. The Hall–Kier alpha value is -0.610. The lowest BCUT2D eigenvalue weighted by atomic mass is 9.90. The summed E-state index contributed by atoms with van der Waals surface area (Å²) < 4.78 is 19.1. The summed E-state index contributed by atoms with van der Waals surface area (Å²) in [7, 11) is 1.49. The van der Waals surface area contributed by atoms with Crippen LogP contribution in [0.5, 0.6) is 5.75 Å². The van der Waals surface area contributed by atoms with Gasteiger partial charge in [0, 0.05) is 5.54 Å². The molecular formula is C12H15BrFNO. The van der Waals surface area contributed by atoms with Crippen molar-refractivity contribution in [1.82, 2.24) is 5.32 Å². The van der Waals surface area contributed by atoms with E-state index in [-0.39, 0.29) is 11.4 Å². The average Bonchev–Trinajstić information content (AvgIpc) is 2.70. The summed E-state index contributed by atoms with van der Waals surface area (Å²) in [4.78, 5) is 0. The molecule has 4 heteroatoms. The molecule has 0 aliphatic carbocycles. The van der Waals surface area contributed by atoms with E-state index in [4.69, 9.17) is 4.74 Å². The molecule has 1 N–H and O–H groups in total. The number of halogens is 2. The Balaban J connectivity index is 2.45. The molecule has 1 aliphatic heterocycles. The molecule has 1 saturated heterocycles. The average molecular weight is 288 g/mol. The zero-order valence-corrected chi connectivity index (χ0v) is 11.0. The molecule has 1 aliphatic rings. The number of methoxy groups -OCH3 is 1. The van der Waals surface area contributed by atoms with Gasteiger partial charge in [0.05, 0.1) is 11.6 Å². The van der Waals surface area contributed by atoms with Gasteiger partial charge in [-0.25, -0.2) is 4.39 Å². The van der Waals surface area contributed by atoms with Gasteiger partial charge in [-0.15, -0.1) is 0 Å². The van der Waals surface area contributed by atoms with Crippen LogP contribution in [0, 0.1) is 5.82 Å². The Morgan fingerprint density at radius 2 is 2.25 bits per heavy atom. The van der Waals surface area contributed by atoms with Crippen LogP contribution in [0.4, 0.5) is 4.39 Å². The first kappa shape index (κ1) is 11.9. The van der Waals surface area contributed by atoms with Crippen LogP contribution in [0.3, 0.4) is 0 Å². The van der Waals surface area contributed by atoms with E-state index in [1.54, 1.807) is 6.07 Å².